The minimum Gasteiger partial charge on any atom is -0.493 e. The van der Waals surface area contributed by atoms with E-state index >= 15 is 0 Å². The van der Waals surface area contributed by atoms with Crippen LogP contribution in [-0.2, 0) is 6.61 Å². The van der Waals surface area contributed by atoms with E-state index in [1.165, 1.54) is 0 Å². The van der Waals surface area contributed by atoms with E-state index in [0.29, 0.717) is 23.3 Å². The Labute approximate surface area is 142 Å². The monoisotopic (exact) mass is 374 g/mol. The van der Waals surface area contributed by atoms with Crippen LogP contribution in [0.15, 0.2) is 51.4 Å². The van der Waals surface area contributed by atoms with Crippen molar-refractivity contribution >= 4 is 15.9 Å². The van der Waals surface area contributed by atoms with E-state index in [1.807, 2.05) is 49.4 Å². The van der Waals surface area contributed by atoms with Crippen LogP contribution in [0.25, 0.3) is 11.5 Å². The van der Waals surface area contributed by atoms with Gasteiger partial charge in [0.1, 0.15) is 0 Å². The Balaban J connectivity index is 1.74. The first-order valence-corrected chi connectivity index (χ1v) is 7.81. The Hall–Kier alpha value is -2.34. The molecule has 1 heterocycles. The molecule has 0 amide bonds. The summed E-state index contributed by atoms with van der Waals surface area (Å²) in [6, 6.07) is 13.4. The van der Waals surface area contributed by atoms with Crippen LogP contribution in [0.5, 0.6) is 11.5 Å². The van der Waals surface area contributed by atoms with Crippen molar-refractivity contribution in [1.29, 1.82) is 0 Å². The molecular formula is C17H15BrN2O3. The lowest BCUT2D eigenvalue weighted by Crippen LogP contribution is -1.98. The molecule has 3 aromatic rings. The number of aromatic nitrogens is 2. The minimum atomic E-state index is 0.177. The first kappa shape index (κ1) is 15.6. The molecule has 6 heteroatoms. The van der Waals surface area contributed by atoms with Crippen molar-refractivity contribution in [3.63, 3.8) is 0 Å². The summed E-state index contributed by atoms with van der Waals surface area (Å²) < 4.78 is 17.6. The molecule has 0 N–H and O–H groups in total. The Morgan fingerprint density at radius 1 is 1.09 bits per heavy atom. The number of nitrogens with zero attached hydrogens (tertiary/aromatic N) is 2. The van der Waals surface area contributed by atoms with E-state index in [-0.39, 0.29) is 6.61 Å². The van der Waals surface area contributed by atoms with Gasteiger partial charge in [-0.15, -0.1) is 10.2 Å². The second-order valence-corrected chi connectivity index (χ2v) is 5.78. The van der Waals surface area contributed by atoms with Gasteiger partial charge in [0.15, 0.2) is 18.1 Å². The van der Waals surface area contributed by atoms with Crippen LogP contribution in [-0.4, -0.2) is 17.3 Å². The van der Waals surface area contributed by atoms with Crippen LogP contribution in [0.4, 0.5) is 0 Å². The third-order valence-corrected chi connectivity index (χ3v) is 3.93. The molecule has 0 radical (unpaired) electrons. The molecule has 0 spiro atoms. The predicted molar refractivity (Wildman–Crippen MR) is 89.5 cm³/mol. The number of hydrogen-bond donors (Lipinski definition) is 0. The lowest BCUT2D eigenvalue weighted by molar-refractivity contribution is 0.251. The molecule has 1 aromatic heterocycles. The van der Waals surface area contributed by atoms with Crippen LogP contribution < -0.4 is 9.47 Å². The molecule has 0 aliphatic heterocycles. The molecular weight excluding hydrogens is 360 g/mol. The van der Waals surface area contributed by atoms with Crippen molar-refractivity contribution in [3.8, 4) is 23.0 Å². The highest BCUT2D eigenvalue weighted by atomic mass is 79.9. The molecule has 0 bridgehead atoms. The molecule has 2 aromatic carbocycles. The van der Waals surface area contributed by atoms with Crippen LogP contribution in [0.1, 0.15) is 11.5 Å². The predicted octanol–water partition coefficient (Wildman–Crippen LogP) is 4.40. The molecule has 0 atom stereocenters. The van der Waals surface area contributed by atoms with Gasteiger partial charge in [0.05, 0.1) is 12.7 Å². The molecule has 0 aliphatic rings. The fraction of sp³-hybridized carbons (Fsp3) is 0.176. The summed E-state index contributed by atoms with van der Waals surface area (Å²) in [7, 11) is 1.61. The number of rotatable bonds is 5. The molecule has 5 nitrogen and oxygen atoms in total. The minimum absolute atomic E-state index is 0.177. The molecule has 23 heavy (non-hydrogen) atoms. The largest absolute Gasteiger partial charge is 0.493 e. The third kappa shape index (κ3) is 3.53. The molecule has 0 saturated heterocycles. The molecule has 118 valence electrons. The number of hydrogen-bond acceptors (Lipinski definition) is 5. The standard InChI is InChI=1S/C17H15BrN2O3/c1-11-7-8-14(15(9-11)21-2)22-10-16-19-20-17(23-16)12-5-3-4-6-13(12)18/h3-9H,10H2,1-2H3. The van der Waals surface area contributed by atoms with Gasteiger partial charge >= 0.3 is 0 Å². The molecule has 0 saturated carbocycles. The van der Waals surface area contributed by atoms with Gasteiger partial charge in [0.25, 0.3) is 5.89 Å². The van der Waals surface area contributed by atoms with Gasteiger partial charge in [0, 0.05) is 4.47 Å². The average Bonchev–Trinajstić information content (AvgIpc) is 3.02. The quantitative estimate of drug-likeness (QED) is 0.662. The second-order valence-electron chi connectivity index (χ2n) is 4.92. The molecule has 0 fully saturated rings. The topological polar surface area (TPSA) is 57.4 Å². The number of ether oxygens (including phenoxy) is 2. The van der Waals surface area contributed by atoms with Crippen LogP contribution >= 0.6 is 15.9 Å². The second kappa shape index (κ2) is 6.83. The summed E-state index contributed by atoms with van der Waals surface area (Å²) in [5, 5.41) is 8.08. The zero-order valence-corrected chi connectivity index (χ0v) is 14.3. The smallest absolute Gasteiger partial charge is 0.254 e. The van der Waals surface area contributed by atoms with Crippen LogP contribution in [0.2, 0.25) is 0 Å². The van der Waals surface area contributed by atoms with E-state index in [1.54, 1.807) is 7.11 Å². The van der Waals surface area contributed by atoms with Gasteiger partial charge in [-0.05, 0) is 52.7 Å². The maximum atomic E-state index is 5.72. The Morgan fingerprint density at radius 3 is 2.70 bits per heavy atom. The van der Waals surface area contributed by atoms with E-state index in [2.05, 4.69) is 26.1 Å². The lowest BCUT2D eigenvalue weighted by Gasteiger charge is -2.09. The Bertz CT molecular complexity index is 817. The number of methoxy groups -OCH3 is 1. The molecule has 0 aliphatic carbocycles. The van der Waals surface area contributed by atoms with Crippen molar-refractivity contribution in [2.45, 2.75) is 13.5 Å². The highest BCUT2D eigenvalue weighted by molar-refractivity contribution is 9.10. The average molecular weight is 375 g/mol. The summed E-state index contributed by atoms with van der Waals surface area (Å²) in [5.74, 6) is 2.17. The maximum Gasteiger partial charge on any atom is 0.254 e. The van der Waals surface area contributed by atoms with Crippen molar-refractivity contribution in [2.24, 2.45) is 0 Å². The normalized spacial score (nSPS) is 10.6. The van der Waals surface area contributed by atoms with Crippen LogP contribution in [0, 0.1) is 6.92 Å². The first-order valence-electron chi connectivity index (χ1n) is 7.02. The Kier molecular flexibility index (Phi) is 4.62. The van der Waals surface area contributed by atoms with Gasteiger partial charge in [-0.2, -0.15) is 0 Å². The fourth-order valence-corrected chi connectivity index (χ4v) is 2.54. The molecule has 3 rings (SSSR count). The van der Waals surface area contributed by atoms with Crippen molar-refractivity contribution in [3.05, 3.63) is 58.4 Å². The lowest BCUT2D eigenvalue weighted by atomic mass is 10.2. The van der Waals surface area contributed by atoms with E-state index in [9.17, 15) is 0 Å². The summed E-state index contributed by atoms with van der Waals surface area (Å²) in [6.45, 7) is 2.17. The SMILES string of the molecule is COc1cc(C)ccc1OCc1nnc(-c2ccccc2Br)o1. The van der Waals surface area contributed by atoms with Gasteiger partial charge in [0.2, 0.25) is 5.89 Å². The zero-order valence-electron chi connectivity index (χ0n) is 12.7. The zero-order chi connectivity index (χ0) is 16.2. The summed E-state index contributed by atoms with van der Waals surface area (Å²) in [5.41, 5.74) is 1.95. The first-order chi connectivity index (χ1) is 11.2. The summed E-state index contributed by atoms with van der Waals surface area (Å²) >= 11 is 3.47. The Morgan fingerprint density at radius 2 is 1.91 bits per heavy atom. The van der Waals surface area contributed by atoms with Crippen molar-refractivity contribution in [2.75, 3.05) is 7.11 Å². The molecule has 0 unspecified atom stereocenters. The summed E-state index contributed by atoms with van der Waals surface area (Å²) in [6.07, 6.45) is 0. The fourth-order valence-electron chi connectivity index (χ4n) is 2.09. The van der Waals surface area contributed by atoms with Crippen LogP contribution in [0.3, 0.4) is 0 Å². The van der Waals surface area contributed by atoms with Gasteiger partial charge in [-0.1, -0.05) is 18.2 Å². The number of benzene rings is 2. The number of halogens is 1. The highest BCUT2D eigenvalue weighted by Crippen LogP contribution is 2.29. The van der Waals surface area contributed by atoms with Crippen molar-refractivity contribution < 1.29 is 13.9 Å². The third-order valence-electron chi connectivity index (χ3n) is 3.24. The number of aryl methyl sites for hydroxylation is 1. The van der Waals surface area contributed by atoms with Crippen molar-refractivity contribution in [1.82, 2.24) is 10.2 Å². The van der Waals surface area contributed by atoms with Gasteiger partial charge < -0.3 is 13.9 Å². The van der Waals surface area contributed by atoms with E-state index in [4.69, 9.17) is 13.9 Å². The van der Waals surface area contributed by atoms with E-state index < -0.39 is 0 Å². The summed E-state index contributed by atoms with van der Waals surface area (Å²) in [4.78, 5) is 0. The van der Waals surface area contributed by atoms with E-state index in [0.717, 1.165) is 15.6 Å². The highest BCUT2D eigenvalue weighted by Gasteiger charge is 2.12. The van der Waals surface area contributed by atoms with Gasteiger partial charge in [-0.25, -0.2) is 0 Å². The maximum absolute atomic E-state index is 5.72. The van der Waals surface area contributed by atoms with Gasteiger partial charge in [-0.3, -0.25) is 0 Å².